The first-order chi connectivity index (χ1) is 15.3. The molecule has 0 radical (unpaired) electrons. The zero-order valence-electron chi connectivity index (χ0n) is 18.2. The monoisotopic (exact) mass is 481 g/mol. The van der Waals surface area contributed by atoms with Gasteiger partial charge in [0.25, 0.3) is 5.56 Å². The van der Waals surface area contributed by atoms with Crippen LogP contribution in [0.2, 0.25) is 0 Å². The number of aromatic nitrogens is 2. The summed E-state index contributed by atoms with van der Waals surface area (Å²) < 4.78 is 48.1. The topological polar surface area (TPSA) is 130 Å². The smallest absolute Gasteiger partial charge is 0.353 e. The number of nitrogens with zero attached hydrogens (tertiary/aromatic N) is 1. The van der Waals surface area contributed by atoms with E-state index in [0.29, 0.717) is 26.1 Å². The summed E-state index contributed by atoms with van der Waals surface area (Å²) in [7, 11) is -3.56. The Hall–Kier alpha value is -1.24. The number of halogens is 1. The van der Waals surface area contributed by atoms with Crippen LogP contribution in [0.4, 0.5) is 4.39 Å². The van der Waals surface area contributed by atoms with E-state index >= 15 is 0 Å². The largest absolute Gasteiger partial charge is 0.573 e. The molecule has 3 rings (SSSR count). The molecular formula is C19H31FN2O9P+. The minimum Gasteiger partial charge on any atom is -0.353 e. The third kappa shape index (κ3) is 6.64. The average molecular weight is 481 g/mol. The van der Waals surface area contributed by atoms with Crippen molar-refractivity contribution in [3.05, 3.63) is 32.9 Å². The molecule has 0 amide bonds. The summed E-state index contributed by atoms with van der Waals surface area (Å²) in [4.78, 5) is 35.7. The number of aromatic amines is 1. The lowest BCUT2D eigenvalue weighted by Gasteiger charge is -2.26. The van der Waals surface area contributed by atoms with Crippen LogP contribution in [0.5, 0.6) is 0 Å². The summed E-state index contributed by atoms with van der Waals surface area (Å²) in [6.07, 6.45) is 1.50. The Labute approximate surface area is 185 Å². The van der Waals surface area contributed by atoms with Gasteiger partial charge in [-0.2, -0.15) is 18.3 Å². The van der Waals surface area contributed by atoms with E-state index in [1.54, 1.807) is 0 Å². The van der Waals surface area contributed by atoms with Gasteiger partial charge in [-0.3, -0.25) is 14.3 Å². The highest BCUT2D eigenvalue weighted by molar-refractivity contribution is 7.55. The minimum atomic E-state index is -3.56. The molecule has 2 aliphatic rings. The van der Waals surface area contributed by atoms with Gasteiger partial charge in [0.15, 0.2) is 6.29 Å². The van der Waals surface area contributed by atoms with Crippen molar-refractivity contribution >= 4 is 8.17 Å². The SMILES string of the molecule is CCCOC(CCCO[P+]1(O)OC[C@H]2O[C@@H](n3cc(F)c(=O)[nH]c3=O)C[C@@H]2O1)OCCC. The van der Waals surface area contributed by atoms with Gasteiger partial charge in [0, 0.05) is 26.1 Å². The summed E-state index contributed by atoms with van der Waals surface area (Å²) in [5.41, 5.74) is -1.90. The molecule has 1 aromatic heterocycles. The van der Waals surface area contributed by atoms with Crippen molar-refractivity contribution in [2.45, 2.75) is 70.7 Å². The fourth-order valence-corrected chi connectivity index (χ4v) is 4.84. The minimum absolute atomic E-state index is 0.00607. The maximum Gasteiger partial charge on any atom is 0.573 e. The van der Waals surface area contributed by atoms with Gasteiger partial charge in [-0.25, -0.2) is 4.79 Å². The van der Waals surface area contributed by atoms with Crippen LogP contribution in [-0.2, 0) is 27.8 Å². The molecule has 0 spiro atoms. The second-order valence-electron chi connectivity index (χ2n) is 7.56. The molecule has 1 unspecified atom stereocenters. The molecule has 11 nitrogen and oxygen atoms in total. The van der Waals surface area contributed by atoms with E-state index in [4.69, 9.17) is 27.8 Å². The summed E-state index contributed by atoms with van der Waals surface area (Å²) in [6, 6.07) is 0. The predicted molar refractivity (Wildman–Crippen MR) is 111 cm³/mol. The third-order valence-corrected chi connectivity index (χ3v) is 6.46. The molecule has 0 saturated carbocycles. The highest BCUT2D eigenvalue weighted by Gasteiger charge is 2.57. The molecule has 182 valence electrons. The Kier molecular flexibility index (Phi) is 9.33. The predicted octanol–water partition coefficient (Wildman–Crippen LogP) is 2.02. The lowest BCUT2D eigenvalue weighted by molar-refractivity contribution is -0.147. The fraction of sp³-hybridized carbons (Fsp3) is 0.789. The van der Waals surface area contributed by atoms with Gasteiger partial charge in [-0.15, -0.1) is 4.52 Å². The molecule has 0 bridgehead atoms. The Morgan fingerprint density at radius 3 is 2.66 bits per heavy atom. The molecule has 2 fully saturated rings. The molecule has 2 aliphatic heterocycles. The van der Waals surface area contributed by atoms with Crippen molar-refractivity contribution in [2.75, 3.05) is 26.4 Å². The van der Waals surface area contributed by atoms with Crippen molar-refractivity contribution in [1.29, 1.82) is 0 Å². The van der Waals surface area contributed by atoms with Crippen LogP contribution in [0.1, 0.15) is 52.2 Å². The Morgan fingerprint density at radius 2 is 1.97 bits per heavy atom. The molecule has 0 aromatic carbocycles. The lowest BCUT2D eigenvalue weighted by atomic mass is 10.2. The molecule has 13 heteroatoms. The van der Waals surface area contributed by atoms with Crippen molar-refractivity contribution < 1.29 is 37.1 Å². The van der Waals surface area contributed by atoms with E-state index in [2.05, 4.69) is 0 Å². The van der Waals surface area contributed by atoms with E-state index in [1.165, 1.54) is 0 Å². The molecule has 32 heavy (non-hydrogen) atoms. The van der Waals surface area contributed by atoms with Crippen molar-refractivity contribution in [2.24, 2.45) is 0 Å². The van der Waals surface area contributed by atoms with Crippen LogP contribution < -0.4 is 11.2 Å². The normalized spacial score (nSPS) is 27.7. The summed E-state index contributed by atoms with van der Waals surface area (Å²) in [6.45, 7) is 5.42. The third-order valence-electron chi connectivity index (χ3n) is 4.94. The van der Waals surface area contributed by atoms with Crippen LogP contribution in [0.15, 0.2) is 15.8 Å². The van der Waals surface area contributed by atoms with Gasteiger partial charge in [0.2, 0.25) is 5.82 Å². The average Bonchev–Trinajstić information content (AvgIpc) is 3.17. The number of hydrogen-bond donors (Lipinski definition) is 2. The van der Waals surface area contributed by atoms with Crippen molar-refractivity contribution in [1.82, 2.24) is 9.55 Å². The Morgan fingerprint density at radius 1 is 1.25 bits per heavy atom. The van der Waals surface area contributed by atoms with Gasteiger partial charge >= 0.3 is 13.9 Å². The van der Waals surface area contributed by atoms with E-state index in [9.17, 15) is 18.9 Å². The number of hydrogen-bond acceptors (Lipinski definition) is 9. The molecule has 3 heterocycles. The van der Waals surface area contributed by atoms with Crippen molar-refractivity contribution in [3.8, 4) is 0 Å². The van der Waals surface area contributed by atoms with Gasteiger partial charge in [0.05, 0.1) is 6.20 Å². The van der Waals surface area contributed by atoms with Crippen LogP contribution in [-0.4, -0.2) is 59.4 Å². The van der Waals surface area contributed by atoms with Gasteiger partial charge in [-0.1, -0.05) is 13.8 Å². The van der Waals surface area contributed by atoms with Crippen LogP contribution >= 0.6 is 8.17 Å². The maximum atomic E-state index is 13.6. The first kappa shape index (κ1) is 25.4. The first-order valence-electron chi connectivity index (χ1n) is 10.8. The lowest BCUT2D eigenvalue weighted by Crippen LogP contribution is -2.35. The van der Waals surface area contributed by atoms with E-state index < -0.39 is 43.7 Å². The van der Waals surface area contributed by atoms with Crippen LogP contribution in [0.25, 0.3) is 0 Å². The van der Waals surface area contributed by atoms with Crippen molar-refractivity contribution in [3.63, 3.8) is 0 Å². The Bertz CT molecular complexity index is 845. The van der Waals surface area contributed by atoms with Gasteiger partial charge < -0.3 is 14.2 Å². The number of H-pyrrole nitrogens is 1. The van der Waals surface area contributed by atoms with E-state index in [1.807, 2.05) is 18.8 Å². The van der Waals surface area contributed by atoms with Gasteiger partial charge in [-0.05, 0) is 19.3 Å². The molecule has 0 aliphatic carbocycles. The van der Waals surface area contributed by atoms with Crippen LogP contribution in [0, 0.1) is 5.82 Å². The highest BCUT2D eigenvalue weighted by atomic mass is 31.2. The number of nitrogens with one attached hydrogen (secondary N) is 1. The van der Waals surface area contributed by atoms with E-state index in [-0.39, 0.29) is 25.9 Å². The second kappa shape index (κ2) is 11.8. The standard InChI is InChI=1S/C19H30FN2O9P/c1-3-7-26-17(27-8-4-2)6-5-9-28-32(25)29-12-15-14(31-32)10-16(30-15)22-11-13(20)18(23)21-19(22)24/h11,14-17,25H,3-10,12H2,1-2H3/p+1/t14-,15+,16+,32?/m0/s1. The molecule has 1 aromatic rings. The first-order valence-corrected chi connectivity index (χ1v) is 12.3. The maximum absolute atomic E-state index is 13.6. The molecule has 2 N–H and O–H groups in total. The number of fused-ring (bicyclic) bond motifs is 1. The van der Waals surface area contributed by atoms with Crippen LogP contribution in [0.3, 0.4) is 0 Å². The fourth-order valence-electron chi connectivity index (χ4n) is 3.39. The second-order valence-corrected chi connectivity index (χ2v) is 9.23. The zero-order valence-corrected chi connectivity index (χ0v) is 19.1. The molecule has 2 saturated heterocycles. The molecule has 4 atom stereocenters. The highest BCUT2D eigenvalue weighted by Crippen LogP contribution is 2.63. The van der Waals surface area contributed by atoms with E-state index in [0.717, 1.165) is 23.6 Å². The number of rotatable bonds is 12. The zero-order chi connectivity index (χ0) is 23.1. The molecular weight excluding hydrogens is 450 g/mol. The summed E-state index contributed by atoms with van der Waals surface area (Å²) >= 11 is 0. The quantitative estimate of drug-likeness (QED) is 0.262. The van der Waals surface area contributed by atoms with Gasteiger partial charge in [0.1, 0.15) is 31.6 Å². The summed E-state index contributed by atoms with van der Waals surface area (Å²) in [5.74, 6) is -1.10. The Balaban J connectivity index is 1.49. The summed E-state index contributed by atoms with van der Waals surface area (Å²) in [5, 5.41) is 0. The number of ether oxygens (including phenoxy) is 3.